The summed E-state index contributed by atoms with van der Waals surface area (Å²) in [6.07, 6.45) is 0. The molecule has 0 saturated heterocycles. The van der Waals surface area contributed by atoms with E-state index in [0.29, 0.717) is 12.4 Å². The van der Waals surface area contributed by atoms with E-state index in [2.05, 4.69) is 42.2 Å². The quantitative estimate of drug-likeness (QED) is 0.788. The number of nitrogens with one attached hydrogen (secondary N) is 1. The first-order valence-electron chi connectivity index (χ1n) is 5.48. The highest BCUT2D eigenvalue weighted by Gasteiger charge is 2.09. The maximum atomic E-state index is 13.0. The van der Waals surface area contributed by atoms with Crippen molar-refractivity contribution < 1.29 is 9.13 Å². The summed E-state index contributed by atoms with van der Waals surface area (Å²) in [6, 6.07) is 8.47. The average molecular weight is 390 g/mol. The van der Waals surface area contributed by atoms with Gasteiger partial charge in [0.1, 0.15) is 11.6 Å². The standard InChI is InChI=1S/C13H11Br2FN2O/c1-19-13-8(5-9(14)6-10(13)15)7-17-12-4-2-3-11(16)18-12/h2-6H,7H2,1H3,(H,17,18). The number of ether oxygens (including phenoxy) is 1. The van der Waals surface area contributed by atoms with Crippen LogP contribution in [0.2, 0.25) is 0 Å². The van der Waals surface area contributed by atoms with Gasteiger partial charge in [0.05, 0.1) is 11.6 Å². The summed E-state index contributed by atoms with van der Waals surface area (Å²) in [4.78, 5) is 3.75. The highest BCUT2D eigenvalue weighted by molar-refractivity contribution is 9.11. The number of anilines is 1. The maximum Gasteiger partial charge on any atom is 0.214 e. The lowest BCUT2D eigenvalue weighted by Gasteiger charge is -2.12. The van der Waals surface area contributed by atoms with Crippen molar-refractivity contribution in [2.45, 2.75) is 6.54 Å². The SMILES string of the molecule is COc1c(Br)cc(Br)cc1CNc1cccc(F)n1. The largest absolute Gasteiger partial charge is 0.495 e. The molecule has 1 aromatic carbocycles. The molecule has 0 aliphatic heterocycles. The van der Waals surface area contributed by atoms with Crippen molar-refractivity contribution in [1.29, 1.82) is 0 Å². The van der Waals surface area contributed by atoms with Gasteiger partial charge in [-0.3, -0.25) is 0 Å². The molecule has 0 radical (unpaired) electrons. The summed E-state index contributed by atoms with van der Waals surface area (Å²) in [6.45, 7) is 0.484. The van der Waals surface area contributed by atoms with E-state index in [0.717, 1.165) is 20.3 Å². The molecule has 100 valence electrons. The van der Waals surface area contributed by atoms with Crippen molar-refractivity contribution in [2.24, 2.45) is 0 Å². The molecule has 2 rings (SSSR count). The zero-order valence-electron chi connectivity index (χ0n) is 10.1. The second-order valence-electron chi connectivity index (χ2n) is 3.78. The number of halogens is 3. The molecule has 0 amide bonds. The van der Waals surface area contributed by atoms with Gasteiger partial charge < -0.3 is 10.1 Å². The van der Waals surface area contributed by atoms with Gasteiger partial charge >= 0.3 is 0 Å². The Kier molecular flexibility index (Phi) is 4.76. The van der Waals surface area contributed by atoms with Gasteiger partial charge in [-0.25, -0.2) is 4.98 Å². The van der Waals surface area contributed by atoms with Crippen molar-refractivity contribution in [3.8, 4) is 5.75 Å². The minimum Gasteiger partial charge on any atom is -0.495 e. The van der Waals surface area contributed by atoms with E-state index in [-0.39, 0.29) is 0 Å². The number of rotatable bonds is 4. The molecule has 0 bridgehead atoms. The fourth-order valence-electron chi connectivity index (χ4n) is 1.67. The Morgan fingerprint density at radius 3 is 2.79 bits per heavy atom. The molecule has 19 heavy (non-hydrogen) atoms. The van der Waals surface area contributed by atoms with Crippen molar-refractivity contribution in [3.05, 3.63) is 50.8 Å². The first kappa shape index (κ1) is 14.3. The molecule has 1 heterocycles. The Morgan fingerprint density at radius 1 is 1.32 bits per heavy atom. The first-order valence-corrected chi connectivity index (χ1v) is 7.07. The molecule has 0 spiro atoms. The van der Waals surface area contributed by atoms with Crippen LogP contribution in [0.5, 0.6) is 5.75 Å². The average Bonchev–Trinajstić information content (AvgIpc) is 2.36. The minimum absolute atomic E-state index is 0.484. The van der Waals surface area contributed by atoms with E-state index >= 15 is 0 Å². The zero-order chi connectivity index (χ0) is 13.8. The Labute approximate surface area is 127 Å². The fraction of sp³-hybridized carbons (Fsp3) is 0.154. The van der Waals surface area contributed by atoms with Crippen LogP contribution < -0.4 is 10.1 Å². The summed E-state index contributed by atoms with van der Waals surface area (Å²) in [7, 11) is 1.61. The van der Waals surface area contributed by atoms with Crippen LogP contribution in [0.25, 0.3) is 0 Å². The van der Waals surface area contributed by atoms with Crippen LogP contribution in [0, 0.1) is 5.95 Å². The number of nitrogens with zero attached hydrogens (tertiary/aromatic N) is 1. The zero-order valence-corrected chi connectivity index (χ0v) is 13.3. The van der Waals surface area contributed by atoms with E-state index in [1.54, 1.807) is 19.2 Å². The lowest BCUT2D eigenvalue weighted by Crippen LogP contribution is -2.04. The number of benzene rings is 1. The Bertz CT molecular complexity index is 593. The predicted molar refractivity (Wildman–Crippen MR) is 79.9 cm³/mol. The molecule has 0 fully saturated rings. The van der Waals surface area contributed by atoms with Crippen LogP contribution in [-0.4, -0.2) is 12.1 Å². The number of hydrogen-bond acceptors (Lipinski definition) is 3. The van der Waals surface area contributed by atoms with Gasteiger partial charge in [-0.1, -0.05) is 22.0 Å². The van der Waals surface area contributed by atoms with Crippen LogP contribution in [0.1, 0.15) is 5.56 Å². The number of hydrogen-bond donors (Lipinski definition) is 1. The fourth-order valence-corrected chi connectivity index (χ4v) is 3.14. The molecule has 1 N–H and O–H groups in total. The Balaban J connectivity index is 2.19. The third-order valence-corrected chi connectivity index (χ3v) is 3.51. The van der Waals surface area contributed by atoms with Crippen molar-refractivity contribution in [1.82, 2.24) is 4.98 Å². The third-order valence-electron chi connectivity index (χ3n) is 2.46. The molecular weight excluding hydrogens is 379 g/mol. The minimum atomic E-state index is -0.507. The van der Waals surface area contributed by atoms with Crippen LogP contribution >= 0.6 is 31.9 Å². The van der Waals surface area contributed by atoms with Gasteiger partial charge in [-0.2, -0.15) is 4.39 Å². The van der Waals surface area contributed by atoms with Gasteiger partial charge in [-0.15, -0.1) is 0 Å². The van der Waals surface area contributed by atoms with Gasteiger partial charge in [0.25, 0.3) is 0 Å². The molecule has 0 aliphatic carbocycles. The lowest BCUT2D eigenvalue weighted by molar-refractivity contribution is 0.407. The predicted octanol–water partition coefficient (Wildman–Crippen LogP) is 4.37. The van der Waals surface area contributed by atoms with Crippen molar-refractivity contribution in [2.75, 3.05) is 12.4 Å². The molecule has 2 aromatic rings. The van der Waals surface area contributed by atoms with Crippen LogP contribution in [0.4, 0.5) is 10.2 Å². The van der Waals surface area contributed by atoms with Gasteiger partial charge in [0.15, 0.2) is 0 Å². The van der Waals surface area contributed by atoms with Crippen LogP contribution in [0.15, 0.2) is 39.3 Å². The normalized spacial score (nSPS) is 10.3. The second kappa shape index (κ2) is 6.34. The summed E-state index contributed by atoms with van der Waals surface area (Å²) in [5.41, 5.74) is 0.940. The Hall–Kier alpha value is -1.14. The molecule has 0 atom stereocenters. The lowest BCUT2D eigenvalue weighted by atomic mass is 10.2. The Morgan fingerprint density at radius 2 is 2.11 bits per heavy atom. The molecule has 1 aromatic heterocycles. The summed E-state index contributed by atoms with van der Waals surface area (Å²) in [5, 5.41) is 3.06. The van der Waals surface area contributed by atoms with Gasteiger partial charge in [0, 0.05) is 16.6 Å². The molecule has 6 heteroatoms. The first-order chi connectivity index (χ1) is 9.10. The highest BCUT2D eigenvalue weighted by Crippen LogP contribution is 2.33. The number of pyridine rings is 1. The summed E-state index contributed by atoms with van der Waals surface area (Å²) in [5.74, 6) is 0.720. The van der Waals surface area contributed by atoms with E-state index < -0.39 is 5.95 Å². The molecular formula is C13H11Br2FN2O. The summed E-state index contributed by atoms with van der Waals surface area (Å²) >= 11 is 6.86. The monoisotopic (exact) mass is 388 g/mol. The third kappa shape index (κ3) is 3.67. The molecule has 0 unspecified atom stereocenters. The summed E-state index contributed by atoms with van der Waals surface area (Å²) < 4.78 is 20.1. The second-order valence-corrected chi connectivity index (χ2v) is 5.55. The van der Waals surface area contributed by atoms with Crippen molar-refractivity contribution in [3.63, 3.8) is 0 Å². The van der Waals surface area contributed by atoms with Gasteiger partial charge in [-0.05, 0) is 40.2 Å². The number of methoxy groups -OCH3 is 1. The van der Waals surface area contributed by atoms with Gasteiger partial charge in [0.2, 0.25) is 5.95 Å². The van der Waals surface area contributed by atoms with E-state index in [4.69, 9.17) is 4.74 Å². The van der Waals surface area contributed by atoms with Crippen LogP contribution in [-0.2, 0) is 6.54 Å². The molecule has 0 saturated carbocycles. The topological polar surface area (TPSA) is 34.1 Å². The molecule has 3 nitrogen and oxygen atoms in total. The van der Waals surface area contributed by atoms with E-state index in [9.17, 15) is 4.39 Å². The van der Waals surface area contributed by atoms with Crippen LogP contribution in [0.3, 0.4) is 0 Å². The van der Waals surface area contributed by atoms with E-state index in [1.807, 2.05) is 12.1 Å². The number of aromatic nitrogens is 1. The highest BCUT2D eigenvalue weighted by atomic mass is 79.9. The van der Waals surface area contributed by atoms with E-state index in [1.165, 1.54) is 6.07 Å². The smallest absolute Gasteiger partial charge is 0.214 e. The molecule has 0 aliphatic rings. The van der Waals surface area contributed by atoms with Crippen molar-refractivity contribution >= 4 is 37.7 Å². The maximum absolute atomic E-state index is 13.0.